The van der Waals surface area contributed by atoms with Gasteiger partial charge < -0.3 is 4.90 Å². The summed E-state index contributed by atoms with van der Waals surface area (Å²) in [6.45, 7) is 7.46. The summed E-state index contributed by atoms with van der Waals surface area (Å²) >= 11 is 0. The Kier molecular flexibility index (Phi) is 6.31. The Morgan fingerprint density at radius 1 is 0.969 bits per heavy atom. The van der Waals surface area contributed by atoms with E-state index in [0.29, 0.717) is 44.5 Å². The molecule has 0 aliphatic carbocycles. The lowest BCUT2D eigenvalue weighted by atomic mass is 10.0. The molecule has 6 nitrogen and oxygen atoms in total. The average Bonchev–Trinajstić information content (AvgIpc) is 2.77. The van der Waals surface area contributed by atoms with Crippen LogP contribution in [0.25, 0.3) is 10.9 Å². The highest BCUT2D eigenvalue weighted by Gasteiger charge is 2.31. The van der Waals surface area contributed by atoms with E-state index in [4.69, 9.17) is 0 Å². The molecule has 0 saturated carbocycles. The predicted molar refractivity (Wildman–Crippen MR) is 126 cm³/mol. The smallest absolute Gasteiger partial charge is 0.245 e. The van der Waals surface area contributed by atoms with Crippen LogP contribution in [-0.4, -0.2) is 54.7 Å². The molecular formula is C25H29N3O3S. The molecule has 0 radical (unpaired) electrons. The fourth-order valence-corrected chi connectivity index (χ4v) is 5.88. The van der Waals surface area contributed by atoms with Crippen LogP contribution in [-0.2, 0) is 21.2 Å². The average molecular weight is 452 g/mol. The Labute approximate surface area is 189 Å². The first kappa shape index (κ1) is 22.4. The number of benzene rings is 2. The highest BCUT2D eigenvalue weighted by Crippen LogP contribution is 2.25. The minimum Gasteiger partial charge on any atom is -0.340 e. The molecule has 1 amide bonds. The maximum Gasteiger partial charge on any atom is 0.245 e. The van der Waals surface area contributed by atoms with Crippen molar-refractivity contribution in [1.82, 2.24) is 14.2 Å². The molecule has 1 aromatic heterocycles. The molecule has 168 valence electrons. The number of aryl methyl sites for hydroxylation is 4. The Bertz CT molecular complexity index is 1260. The first-order valence-corrected chi connectivity index (χ1v) is 12.4. The summed E-state index contributed by atoms with van der Waals surface area (Å²) in [7, 11) is -3.68. The summed E-state index contributed by atoms with van der Waals surface area (Å²) in [5.74, 6) is 0.0734. The number of fused-ring (bicyclic) bond motifs is 1. The number of rotatable bonds is 5. The maximum absolute atomic E-state index is 13.3. The van der Waals surface area contributed by atoms with Gasteiger partial charge in [0.25, 0.3) is 0 Å². The maximum atomic E-state index is 13.3. The van der Waals surface area contributed by atoms with Crippen molar-refractivity contribution >= 4 is 26.8 Å². The second kappa shape index (κ2) is 9.00. The summed E-state index contributed by atoms with van der Waals surface area (Å²) in [6, 6.07) is 13.5. The number of hydrogen-bond acceptors (Lipinski definition) is 4. The quantitative estimate of drug-likeness (QED) is 0.594. The fraction of sp³-hybridized carbons (Fsp3) is 0.360. The number of carbonyl (C=O) groups excluding carboxylic acids is 1. The highest BCUT2D eigenvalue weighted by molar-refractivity contribution is 7.89. The minimum atomic E-state index is -3.68. The highest BCUT2D eigenvalue weighted by atomic mass is 32.2. The van der Waals surface area contributed by atoms with Crippen molar-refractivity contribution in [2.45, 2.75) is 38.5 Å². The number of hydrogen-bond donors (Lipinski definition) is 0. The Balaban J connectivity index is 1.41. The van der Waals surface area contributed by atoms with Crippen LogP contribution >= 0.6 is 0 Å². The summed E-state index contributed by atoms with van der Waals surface area (Å²) in [5.41, 5.74) is 5.08. The molecule has 4 rings (SSSR count). The number of sulfonamides is 1. The van der Waals surface area contributed by atoms with Crippen LogP contribution in [0.2, 0.25) is 0 Å². The van der Waals surface area contributed by atoms with Crippen LogP contribution < -0.4 is 0 Å². The van der Waals surface area contributed by atoms with Gasteiger partial charge in [-0.1, -0.05) is 35.9 Å². The van der Waals surface area contributed by atoms with Crippen LogP contribution in [0, 0.1) is 20.8 Å². The number of aromatic nitrogens is 1. The van der Waals surface area contributed by atoms with E-state index in [2.05, 4.69) is 37.0 Å². The van der Waals surface area contributed by atoms with E-state index in [0.717, 1.165) is 10.9 Å². The van der Waals surface area contributed by atoms with Crippen molar-refractivity contribution in [3.05, 3.63) is 70.9 Å². The number of para-hydroxylation sites is 1. The van der Waals surface area contributed by atoms with E-state index >= 15 is 0 Å². The molecule has 1 aliphatic heterocycles. The van der Waals surface area contributed by atoms with Crippen molar-refractivity contribution in [3.8, 4) is 0 Å². The van der Waals surface area contributed by atoms with Gasteiger partial charge in [0.2, 0.25) is 15.9 Å². The van der Waals surface area contributed by atoms with E-state index in [9.17, 15) is 13.2 Å². The van der Waals surface area contributed by atoms with Gasteiger partial charge in [-0.05, 0) is 56.0 Å². The first-order chi connectivity index (χ1) is 15.3. The molecule has 0 atom stereocenters. The van der Waals surface area contributed by atoms with Crippen molar-refractivity contribution in [3.63, 3.8) is 0 Å². The SMILES string of the molecule is Cc1ccc(CCC(=O)N2CCN(S(=O)(=O)c3cccc4cc(C)cnc34)CC2)c(C)c1. The van der Waals surface area contributed by atoms with Gasteiger partial charge >= 0.3 is 0 Å². The third-order valence-corrected chi connectivity index (χ3v) is 8.06. The lowest BCUT2D eigenvalue weighted by Gasteiger charge is -2.34. The van der Waals surface area contributed by atoms with Crippen LogP contribution in [0.1, 0.15) is 28.7 Å². The molecule has 1 saturated heterocycles. The first-order valence-electron chi connectivity index (χ1n) is 10.9. The molecule has 0 N–H and O–H groups in total. The van der Waals surface area contributed by atoms with Gasteiger partial charge in [0.1, 0.15) is 4.90 Å². The Morgan fingerprint density at radius 2 is 1.72 bits per heavy atom. The lowest BCUT2D eigenvalue weighted by molar-refractivity contribution is -0.132. The third-order valence-electron chi connectivity index (χ3n) is 6.13. The standard InChI is InChI=1S/C25H29N3O3S/c1-18-7-8-21(20(3)15-18)9-10-24(29)27-11-13-28(14-12-27)32(30,31)23-6-4-5-22-16-19(2)17-26-25(22)23/h4-8,15-17H,9-14H2,1-3H3. The monoisotopic (exact) mass is 451 g/mol. The number of amides is 1. The molecule has 0 bridgehead atoms. The Hall–Kier alpha value is -2.77. The zero-order chi connectivity index (χ0) is 22.9. The summed E-state index contributed by atoms with van der Waals surface area (Å²) in [4.78, 5) is 19.1. The van der Waals surface area contributed by atoms with Crippen LogP contribution in [0.15, 0.2) is 53.6 Å². The summed E-state index contributed by atoms with van der Waals surface area (Å²) in [6.07, 6.45) is 2.82. The number of nitrogens with zero attached hydrogens (tertiary/aromatic N) is 3. The van der Waals surface area contributed by atoms with E-state index in [1.165, 1.54) is 21.0 Å². The van der Waals surface area contributed by atoms with E-state index in [-0.39, 0.29) is 10.8 Å². The molecule has 7 heteroatoms. The zero-order valence-corrected chi connectivity index (χ0v) is 19.7. The van der Waals surface area contributed by atoms with Crippen molar-refractivity contribution in [2.75, 3.05) is 26.2 Å². The molecule has 1 fully saturated rings. The summed E-state index contributed by atoms with van der Waals surface area (Å²) in [5, 5.41) is 0.811. The molecule has 0 spiro atoms. The zero-order valence-electron chi connectivity index (χ0n) is 18.8. The van der Waals surface area contributed by atoms with Crippen molar-refractivity contribution in [2.24, 2.45) is 0 Å². The van der Waals surface area contributed by atoms with Crippen LogP contribution in [0.4, 0.5) is 0 Å². The molecule has 2 aromatic carbocycles. The third kappa shape index (κ3) is 4.54. The van der Waals surface area contributed by atoms with Gasteiger partial charge in [-0.25, -0.2) is 8.42 Å². The fourth-order valence-electron chi connectivity index (χ4n) is 4.29. The van der Waals surface area contributed by atoms with Crippen molar-refractivity contribution < 1.29 is 13.2 Å². The van der Waals surface area contributed by atoms with Gasteiger partial charge in [-0.3, -0.25) is 9.78 Å². The van der Waals surface area contributed by atoms with Gasteiger partial charge in [-0.2, -0.15) is 4.31 Å². The number of piperazine rings is 1. The molecule has 1 aliphatic rings. The van der Waals surface area contributed by atoms with Crippen molar-refractivity contribution in [1.29, 1.82) is 0 Å². The van der Waals surface area contributed by atoms with Crippen LogP contribution in [0.3, 0.4) is 0 Å². The van der Waals surface area contributed by atoms with E-state index in [1.54, 1.807) is 23.2 Å². The molecule has 0 unspecified atom stereocenters. The van der Waals surface area contributed by atoms with E-state index in [1.807, 2.05) is 19.1 Å². The Morgan fingerprint density at radius 3 is 2.44 bits per heavy atom. The topological polar surface area (TPSA) is 70.6 Å². The largest absolute Gasteiger partial charge is 0.340 e. The molecular weight excluding hydrogens is 422 g/mol. The second-order valence-corrected chi connectivity index (χ2v) is 10.5. The van der Waals surface area contributed by atoms with Crippen LogP contribution in [0.5, 0.6) is 0 Å². The van der Waals surface area contributed by atoms with Gasteiger partial charge in [0.05, 0.1) is 5.52 Å². The normalized spacial score (nSPS) is 15.3. The lowest BCUT2D eigenvalue weighted by Crippen LogP contribution is -2.50. The summed E-state index contributed by atoms with van der Waals surface area (Å²) < 4.78 is 28.1. The second-order valence-electron chi connectivity index (χ2n) is 8.56. The number of carbonyl (C=O) groups is 1. The number of pyridine rings is 1. The minimum absolute atomic E-state index is 0.0734. The van der Waals surface area contributed by atoms with Gasteiger partial charge in [0, 0.05) is 44.2 Å². The van der Waals surface area contributed by atoms with E-state index < -0.39 is 10.0 Å². The molecule has 3 aromatic rings. The molecule has 32 heavy (non-hydrogen) atoms. The molecule has 2 heterocycles. The van der Waals surface area contributed by atoms with Gasteiger partial charge in [-0.15, -0.1) is 0 Å². The van der Waals surface area contributed by atoms with Gasteiger partial charge in [0.15, 0.2) is 0 Å². The predicted octanol–water partition coefficient (Wildman–Crippen LogP) is 3.63.